The first-order chi connectivity index (χ1) is 6.13. The van der Waals surface area contributed by atoms with Gasteiger partial charge in [0.2, 0.25) is 0 Å². The predicted molar refractivity (Wildman–Crippen MR) is 54.6 cm³/mol. The third-order valence-electron chi connectivity index (χ3n) is 2.23. The molecule has 2 rings (SSSR count). The zero-order valence-corrected chi connectivity index (χ0v) is 8.96. The zero-order valence-electron chi connectivity index (χ0n) is 7.37. The van der Waals surface area contributed by atoms with Crippen LogP contribution >= 0.6 is 15.9 Å². The van der Waals surface area contributed by atoms with Gasteiger partial charge in [-0.05, 0) is 40.9 Å². The monoisotopic (exact) mass is 240 g/mol. The summed E-state index contributed by atoms with van der Waals surface area (Å²) in [5.74, 6) is 0.515. The second kappa shape index (κ2) is 2.70. The van der Waals surface area contributed by atoms with E-state index in [1.807, 2.05) is 13.8 Å². The van der Waals surface area contributed by atoms with Crippen molar-refractivity contribution in [2.45, 2.75) is 13.8 Å². The van der Waals surface area contributed by atoms with Crippen LogP contribution in [0.4, 0.5) is 5.82 Å². The number of rotatable bonds is 0. The van der Waals surface area contributed by atoms with Gasteiger partial charge in [-0.1, -0.05) is 0 Å². The molecule has 2 heterocycles. The first-order valence-electron chi connectivity index (χ1n) is 3.86. The lowest BCUT2D eigenvalue weighted by atomic mass is 10.2. The highest BCUT2D eigenvalue weighted by Gasteiger charge is 2.12. The molecule has 68 valence electrons. The van der Waals surface area contributed by atoms with Gasteiger partial charge in [0.1, 0.15) is 16.4 Å². The van der Waals surface area contributed by atoms with Crippen LogP contribution in [0, 0.1) is 13.8 Å². The van der Waals surface area contributed by atoms with Gasteiger partial charge in [0.25, 0.3) is 0 Å². The fourth-order valence-electron chi connectivity index (χ4n) is 1.36. The van der Waals surface area contributed by atoms with Crippen molar-refractivity contribution in [3.63, 3.8) is 0 Å². The summed E-state index contributed by atoms with van der Waals surface area (Å²) < 4.78 is 2.70. The summed E-state index contributed by atoms with van der Waals surface area (Å²) in [6.45, 7) is 4.03. The van der Waals surface area contributed by atoms with E-state index in [2.05, 4.69) is 26.0 Å². The Balaban J connectivity index is 3.03. The summed E-state index contributed by atoms with van der Waals surface area (Å²) in [6.07, 6.45) is 1.45. The van der Waals surface area contributed by atoms with E-state index >= 15 is 0 Å². The van der Waals surface area contributed by atoms with Crippen molar-refractivity contribution in [3.8, 4) is 0 Å². The lowest BCUT2D eigenvalue weighted by Crippen LogP contribution is -1.99. The molecular weight excluding hydrogens is 232 g/mol. The number of hydrogen-bond donors (Lipinski definition) is 1. The van der Waals surface area contributed by atoms with Gasteiger partial charge in [-0.15, -0.1) is 0 Å². The fraction of sp³-hybridized carbons (Fsp3) is 0.250. The van der Waals surface area contributed by atoms with Crippen LogP contribution < -0.4 is 5.73 Å². The molecule has 0 spiro atoms. The molecule has 2 aromatic heterocycles. The molecule has 0 aromatic carbocycles. The highest BCUT2D eigenvalue weighted by Crippen LogP contribution is 2.27. The molecule has 0 aliphatic rings. The summed E-state index contributed by atoms with van der Waals surface area (Å²) in [5, 5.41) is 4.10. The van der Waals surface area contributed by atoms with E-state index in [0.29, 0.717) is 5.82 Å². The van der Waals surface area contributed by atoms with E-state index in [9.17, 15) is 0 Å². The second-order valence-electron chi connectivity index (χ2n) is 2.95. The molecule has 0 bridgehead atoms. The average Bonchev–Trinajstić information content (AvgIpc) is 2.33. The van der Waals surface area contributed by atoms with E-state index in [1.54, 1.807) is 4.52 Å². The number of halogens is 1. The Hall–Kier alpha value is -1.10. The maximum atomic E-state index is 5.75. The van der Waals surface area contributed by atoms with Crippen LogP contribution in [0.2, 0.25) is 0 Å². The molecule has 0 radical (unpaired) electrons. The van der Waals surface area contributed by atoms with E-state index in [0.717, 1.165) is 21.2 Å². The number of hydrogen-bond acceptors (Lipinski definition) is 3. The van der Waals surface area contributed by atoms with E-state index in [-0.39, 0.29) is 0 Å². The van der Waals surface area contributed by atoms with E-state index in [1.165, 1.54) is 6.33 Å². The number of aromatic nitrogens is 3. The zero-order chi connectivity index (χ0) is 9.59. The summed E-state index contributed by atoms with van der Waals surface area (Å²) >= 11 is 3.45. The van der Waals surface area contributed by atoms with Crippen LogP contribution in [0.15, 0.2) is 10.9 Å². The molecule has 4 nitrogen and oxygen atoms in total. The Bertz CT molecular complexity index is 474. The third kappa shape index (κ3) is 1.03. The Morgan fingerprint density at radius 3 is 2.69 bits per heavy atom. The van der Waals surface area contributed by atoms with Crippen LogP contribution in [0.5, 0.6) is 0 Å². The molecule has 2 N–H and O–H groups in total. The third-order valence-corrected chi connectivity index (χ3v) is 3.16. The van der Waals surface area contributed by atoms with Gasteiger partial charge < -0.3 is 5.73 Å². The standard InChI is InChI=1S/C8H9BrN4/c1-4-5(2)7(9)13-6(4)8(10)11-3-12-13/h3H,1-2H3,(H2,10,11,12). The van der Waals surface area contributed by atoms with Gasteiger partial charge in [-0.25, -0.2) is 9.50 Å². The van der Waals surface area contributed by atoms with Gasteiger partial charge in [0.15, 0.2) is 5.82 Å². The summed E-state index contributed by atoms with van der Waals surface area (Å²) in [6, 6.07) is 0. The molecule has 5 heteroatoms. The van der Waals surface area contributed by atoms with Crippen molar-refractivity contribution in [1.29, 1.82) is 0 Å². The molecule has 0 atom stereocenters. The van der Waals surface area contributed by atoms with E-state index in [4.69, 9.17) is 5.73 Å². The maximum absolute atomic E-state index is 5.75. The van der Waals surface area contributed by atoms with Gasteiger partial charge >= 0.3 is 0 Å². The van der Waals surface area contributed by atoms with Crippen molar-refractivity contribution in [2.24, 2.45) is 0 Å². The van der Waals surface area contributed by atoms with Crippen molar-refractivity contribution in [3.05, 3.63) is 22.1 Å². The Labute approximate surface area is 83.9 Å². The average molecular weight is 241 g/mol. The van der Waals surface area contributed by atoms with Crippen molar-refractivity contribution < 1.29 is 0 Å². The minimum atomic E-state index is 0.515. The van der Waals surface area contributed by atoms with Gasteiger partial charge in [0.05, 0.1) is 0 Å². The van der Waals surface area contributed by atoms with Crippen LogP contribution in [0.3, 0.4) is 0 Å². The minimum absolute atomic E-state index is 0.515. The Kier molecular flexibility index (Phi) is 1.76. The van der Waals surface area contributed by atoms with Gasteiger partial charge in [-0.3, -0.25) is 0 Å². The number of fused-ring (bicyclic) bond motifs is 1. The molecule has 0 aliphatic carbocycles. The van der Waals surface area contributed by atoms with Gasteiger partial charge in [0, 0.05) is 0 Å². The highest BCUT2D eigenvalue weighted by atomic mass is 79.9. The SMILES string of the molecule is Cc1c(C)c2c(N)ncnn2c1Br. The molecule has 0 saturated carbocycles. The van der Waals surface area contributed by atoms with E-state index < -0.39 is 0 Å². The van der Waals surface area contributed by atoms with Crippen molar-refractivity contribution >= 4 is 27.3 Å². The molecule has 0 aliphatic heterocycles. The van der Waals surface area contributed by atoms with Crippen LogP contribution in [-0.2, 0) is 0 Å². The molecule has 0 fully saturated rings. The number of nitrogens with zero attached hydrogens (tertiary/aromatic N) is 3. The number of aryl methyl sites for hydroxylation is 1. The molecule has 13 heavy (non-hydrogen) atoms. The molecular formula is C8H9BrN4. The molecule has 0 saturated heterocycles. The van der Waals surface area contributed by atoms with Crippen molar-refractivity contribution in [2.75, 3.05) is 5.73 Å². The summed E-state index contributed by atoms with van der Waals surface area (Å²) in [5.41, 5.74) is 8.89. The molecule has 2 aromatic rings. The normalized spacial score (nSPS) is 11.0. The maximum Gasteiger partial charge on any atom is 0.151 e. The summed E-state index contributed by atoms with van der Waals surface area (Å²) in [4.78, 5) is 3.95. The second-order valence-corrected chi connectivity index (χ2v) is 3.70. The topological polar surface area (TPSA) is 56.2 Å². The first-order valence-corrected chi connectivity index (χ1v) is 4.66. The van der Waals surface area contributed by atoms with Gasteiger partial charge in [-0.2, -0.15) is 5.10 Å². The van der Waals surface area contributed by atoms with Crippen LogP contribution in [0.1, 0.15) is 11.1 Å². The van der Waals surface area contributed by atoms with Crippen LogP contribution in [-0.4, -0.2) is 14.6 Å². The Morgan fingerprint density at radius 2 is 2.08 bits per heavy atom. The first kappa shape index (κ1) is 8.50. The number of nitrogens with two attached hydrogens (primary N) is 1. The predicted octanol–water partition coefficient (Wildman–Crippen LogP) is 1.69. The lowest BCUT2D eigenvalue weighted by Gasteiger charge is -1.97. The number of anilines is 1. The van der Waals surface area contributed by atoms with Crippen LogP contribution in [0.25, 0.3) is 5.52 Å². The minimum Gasteiger partial charge on any atom is -0.382 e. The molecule has 0 unspecified atom stereocenters. The fourth-order valence-corrected chi connectivity index (χ4v) is 1.92. The smallest absolute Gasteiger partial charge is 0.151 e. The number of nitrogen functional groups attached to an aromatic ring is 1. The Morgan fingerprint density at radius 1 is 1.38 bits per heavy atom. The molecule has 0 amide bonds. The summed E-state index contributed by atoms with van der Waals surface area (Å²) in [7, 11) is 0. The quantitative estimate of drug-likeness (QED) is 0.763. The lowest BCUT2D eigenvalue weighted by molar-refractivity contribution is 0.885. The largest absolute Gasteiger partial charge is 0.382 e. The highest BCUT2D eigenvalue weighted by molar-refractivity contribution is 9.10. The van der Waals surface area contributed by atoms with Crippen molar-refractivity contribution in [1.82, 2.24) is 14.6 Å².